The molecule has 0 aliphatic carbocycles. The fourth-order valence-corrected chi connectivity index (χ4v) is 4.54. The van der Waals surface area contributed by atoms with E-state index in [0.717, 1.165) is 17.5 Å². The van der Waals surface area contributed by atoms with E-state index in [1.54, 1.807) is 0 Å². The summed E-state index contributed by atoms with van der Waals surface area (Å²) < 4.78 is 5.61. The molecular weight excluding hydrogens is 354 g/mol. The molecule has 0 unspecified atom stereocenters. The highest BCUT2D eigenvalue weighted by molar-refractivity contribution is 5.95. The van der Waals surface area contributed by atoms with Crippen molar-refractivity contribution < 1.29 is 19.7 Å². The summed E-state index contributed by atoms with van der Waals surface area (Å²) in [6, 6.07) is 3.69. The molecule has 1 aromatic rings. The number of aromatic hydroxyl groups is 1. The molecule has 0 saturated carbocycles. The molecule has 1 aromatic carbocycles. The highest BCUT2D eigenvalue weighted by atomic mass is 16.5. The standard InChI is InChI=1S/C23H35NO4/c1-21(2,3)17-9-15(10-18(19(17)26)22(4,5)6)20(27)24-11-16-12-28-8-7-23(16,13-24)14-25/h9-10,16,25-26H,7-8,11-14H2,1-6H3/t16-,23-/m1/s1. The number of nitrogens with zero attached hydrogens (tertiary/aromatic N) is 1. The molecule has 5 heteroatoms. The smallest absolute Gasteiger partial charge is 0.253 e. The van der Waals surface area contributed by atoms with Crippen molar-refractivity contribution in [3.8, 4) is 5.75 Å². The van der Waals surface area contributed by atoms with E-state index < -0.39 is 0 Å². The number of benzene rings is 1. The predicted molar refractivity (Wildman–Crippen MR) is 110 cm³/mol. The monoisotopic (exact) mass is 389 g/mol. The molecule has 2 atom stereocenters. The molecule has 0 spiro atoms. The first-order valence-corrected chi connectivity index (χ1v) is 10.2. The number of ether oxygens (including phenoxy) is 1. The van der Waals surface area contributed by atoms with Crippen molar-refractivity contribution in [2.75, 3.05) is 32.9 Å². The summed E-state index contributed by atoms with van der Waals surface area (Å²) in [5.41, 5.74) is 1.39. The summed E-state index contributed by atoms with van der Waals surface area (Å²) in [5.74, 6) is 0.432. The summed E-state index contributed by atoms with van der Waals surface area (Å²) >= 11 is 0. The molecule has 2 aliphatic rings. The largest absolute Gasteiger partial charge is 0.507 e. The first-order valence-electron chi connectivity index (χ1n) is 10.2. The summed E-state index contributed by atoms with van der Waals surface area (Å²) in [5, 5.41) is 20.9. The number of fused-ring (bicyclic) bond motifs is 1. The van der Waals surface area contributed by atoms with Gasteiger partial charge in [0.05, 0.1) is 13.2 Å². The highest BCUT2D eigenvalue weighted by Crippen LogP contribution is 2.43. The second kappa shape index (κ2) is 7.03. The van der Waals surface area contributed by atoms with Gasteiger partial charge in [-0.05, 0) is 29.4 Å². The number of phenols is 1. The molecule has 2 heterocycles. The highest BCUT2D eigenvalue weighted by Gasteiger charge is 2.49. The number of carbonyl (C=O) groups is 1. The van der Waals surface area contributed by atoms with Crippen LogP contribution < -0.4 is 0 Å². The molecule has 0 bridgehead atoms. The van der Waals surface area contributed by atoms with Crippen LogP contribution in [0.3, 0.4) is 0 Å². The maximum Gasteiger partial charge on any atom is 0.253 e. The molecule has 2 N–H and O–H groups in total. The lowest BCUT2D eigenvalue weighted by Crippen LogP contribution is -2.41. The Labute approximate surface area is 168 Å². The number of hydrogen-bond donors (Lipinski definition) is 2. The van der Waals surface area contributed by atoms with E-state index in [1.165, 1.54) is 0 Å². The van der Waals surface area contributed by atoms with E-state index in [2.05, 4.69) is 0 Å². The van der Waals surface area contributed by atoms with E-state index in [0.29, 0.717) is 31.9 Å². The van der Waals surface area contributed by atoms with Crippen molar-refractivity contribution >= 4 is 5.91 Å². The van der Waals surface area contributed by atoms with Crippen LogP contribution in [0.15, 0.2) is 12.1 Å². The van der Waals surface area contributed by atoms with Gasteiger partial charge in [-0.25, -0.2) is 0 Å². The van der Waals surface area contributed by atoms with Crippen LogP contribution in [-0.2, 0) is 15.6 Å². The average molecular weight is 390 g/mol. The summed E-state index contributed by atoms with van der Waals surface area (Å²) in [7, 11) is 0. The minimum atomic E-state index is -0.278. The molecular formula is C23H35NO4. The number of aliphatic hydroxyl groups is 1. The molecule has 0 aromatic heterocycles. The lowest BCUT2D eigenvalue weighted by atomic mass is 9.75. The number of likely N-dealkylation sites (tertiary alicyclic amines) is 1. The third-order valence-electron chi connectivity index (χ3n) is 6.45. The van der Waals surface area contributed by atoms with Crippen LogP contribution in [-0.4, -0.2) is 53.9 Å². The van der Waals surface area contributed by atoms with Crippen LogP contribution in [0.5, 0.6) is 5.75 Å². The van der Waals surface area contributed by atoms with Gasteiger partial charge in [-0.1, -0.05) is 41.5 Å². The molecule has 3 rings (SSSR count). The van der Waals surface area contributed by atoms with Crippen LogP contribution in [0.4, 0.5) is 0 Å². The summed E-state index contributed by atoms with van der Waals surface area (Å²) in [6.45, 7) is 14.8. The van der Waals surface area contributed by atoms with Gasteiger partial charge in [-0.3, -0.25) is 4.79 Å². The molecule has 156 valence electrons. The number of phenolic OH excluding ortho intramolecular Hbond substituents is 1. The van der Waals surface area contributed by atoms with Crippen LogP contribution in [0.2, 0.25) is 0 Å². The van der Waals surface area contributed by atoms with Crippen molar-refractivity contribution in [2.24, 2.45) is 11.3 Å². The van der Waals surface area contributed by atoms with Crippen molar-refractivity contribution in [2.45, 2.75) is 58.8 Å². The van der Waals surface area contributed by atoms with Crippen LogP contribution >= 0.6 is 0 Å². The van der Waals surface area contributed by atoms with Gasteiger partial charge >= 0.3 is 0 Å². The third-order valence-corrected chi connectivity index (χ3v) is 6.45. The lowest BCUT2D eigenvalue weighted by molar-refractivity contribution is -0.0415. The van der Waals surface area contributed by atoms with Gasteiger partial charge in [0.2, 0.25) is 0 Å². The molecule has 28 heavy (non-hydrogen) atoms. The number of amides is 1. The molecule has 5 nitrogen and oxygen atoms in total. The Kier molecular flexibility index (Phi) is 5.30. The molecule has 2 aliphatic heterocycles. The number of rotatable bonds is 2. The molecule has 2 saturated heterocycles. The van der Waals surface area contributed by atoms with Gasteiger partial charge in [0.15, 0.2) is 0 Å². The Morgan fingerprint density at radius 2 is 1.75 bits per heavy atom. The second-order valence-electron chi connectivity index (χ2n) is 10.6. The Bertz CT molecular complexity index is 724. The van der Waals surface area contributed by atoms with Gasteiger partial charge in [-0.15, -0.1) is 0 Å². The fourth-order valence-electron chi connectivity index (χ4n) is 4.54. The van der Waals surface area contributed by atoms with Crippen LogP contribution in [0.25, 0.3) is 0 Å². The van der Waals surface area contributed by atoms with E-state index in [4.69, 9.17) is 4.74 Å². The van der Waals surface area contributed by atoms with Crippen LogP contribution in [0.1, 0.15) is 69.4 Å². The third kappa shape index (κ3) is 3.67. The fraction of sp³-hybridized carbons (Fsp3) is 0.696. The van der Waals surface area contributed by atoms with Gasteiger partial charge in [-0.2, -0.15) is 0 Å². The minimum absolute atomic E-state index is 0.0294. The van der Waals surface area contributed by atoms with Crippen molar-refractivity contribution in [1.29, 1.82) is 0 Å². The minimum Gasteiger partial charge on any atom is -0.507 e. The van der Waals surface area contributed by atoms with Gasteiger partial charge in [0.25, 0.3) is 5.91 Å². The summed E-state index contributed by atoms with van der Waals surface area (Å²) in [6.07, 6.45) is 0.786. The SMILES string of the molecule is CC(C)(C)c1cc(C(=O)N2C[C@@H]3COCC[C@]3(CO)C2)cc(C(C)(C)C)c1O. The lowest BCUT2D eigenvalue weighted by Gasteiger charge is -2.36. The molecule has 1 amide bonds. The number of hydrogen-bond acceptors (Lipinski definition) is 4. The van der Waals surface area contributed by atoms with Crippen molar-refractivity contribution in [1.82, 2.24) is 4.90 Å². The zero-order valence-corrected chi connectivity index (χ0v) is 18.1. The zero-order valence-electron chi connectivity index (χ0n) is 18.1. The summed E-state index contributed by atoms with van der Waals surface area (Å²) in [4.78, 5) is 15.3. The van der Waals surface area contributed by atoms with Crippen molar-refractivity contribution in [3.63, 3.8) is 0 Å². The first kappa shape index (κ1) is 21.1. The predicted octanol–water partition coefficient (Wildman–Crippen LogP) is 3.46. The van der Waals surface area contributed by atoms with Crippen molar-refractivity contribution in [3.05, 3.63) is 28.8 Å². The van der Waals surface area contributed by atoms with Gasteiger partial charge in [0.1, 0.15) is 5.75 Å². The quantitative estimate of drug-likeness (QED) is 0.813. The van der Waals surface area contributed by atoms with E-state index in [-0.39, 0.29) is 40.4 Å². The number of aliphatic hydroxyl groups excluding tert-OH is 1. The molecule has 2 fully saturated rings. The zero-order chi connectivity index (χ0) is 20.9. The second-order valence-corrected chi connectivity index (χ2v) is 10.6. The van der Waals surface area contributed by atoms with Gasteiger partial charge < -0.3 is 19.8 Å². The average Bonchev–Trinajstić information content (AvgIpc) is 2.99. The first-order chi connectivity index (χ1) is 12.9. The van der Waals surface area contributed by atoms with Crippen LogP contribution in [0, 0.1) is 11.3 Å². The maximum absolute atomic E-state index is 13.4. The topological polar surface area (TPSA) is 70.0 Å². The number of carbonyl (C=O) groups excluding carboxylic acids is 1. The van der Waals surface area contributed by atoms with E-state index in [1.807, 2.05) is 58.6 Å². The van der Waals surface area contributed by atoms with E-state index >= 15 is 0 Å². The van der Waals surface area contributed by atoms with Gasteiger partial charge in [0, 0.05) is 47.7 Å². The van der Waals surface area contributed by atoms with E-state index in [9.17, 15) is 15.0 Å². The Morgan fingerprint density at radius 3 is 2.21 bits per heavy atom. The Hall–Kier alpha value is -1.59. The molecule has 0 radical (unpaired) electrons. The Morgan fingerprint density at radius 1 is 1.18 bits per heavy atom. The Balaban J connectivity index is 2.00. The maximum atomic E-state index is 13.4. The normalized spacial score (nSPS) is 25.7.